The number of carbonyl (C=O) groups is 2. The predicted octanol–water partition coefficient (Wildman–Crippen LogP) is 2.76. The number of pyridine rings is 1. The minimum atomic E-state index is -0.395. The first-order chi connectivity index (χ1) is 12.0. The Morgan fingerprint density at radius 1 is 1.36 bits per heavy atom. The van der Waals surface area contributed by atoms with Crippen LogP contribution in [0.5, 0.6) is 0 Å². The smallest absolute Gasteiger partial charge is 0.328 e. The zero-order valence-corrected chi connectivity index (χ0v) is 14.9. The summed E-state index contributed by atoms with van der Waals surface area (Å²) in [5.41, 5.74) is 2.87. The molecule has 3 heterocycles. The highest BCUT2D eigenvalue weighted by Gasteiger charge is 2.27. The molecule has 0 spiro atoms. The van der Waals surface area contributed by atoms with E-state index in [2.05, 4.69) is 5.10 Å². The molecule has 1 aliphatic heterocycles. The minimum absolute atomic E-state index is 0.0144. The number of aromatic nitrogens is 2. The van der Waals surface area contributed by atoms with E-state index in [0.29, 0.717) is 29.9 Å². The van der Waals surface area contributed by atoms with Gasteiger partial charge in [0.25, 0.3) is 0 Å². The Morgan fingerprint density at radius 3 is 2.92 bits per heavy atom. The number of carbonyl (C=O) groups excluding carboxylic acids is 2. The number of nitrogens with zero attached hydrogens (tertiary/aromatic N) is 3. The maximum Gasteiger partial charge on any atom is 0.328 e. The molecule has 0 radical (unpaired) electrons. The quantitative estimate of drug-likeness (QED) is 0.618. The molecule has 3 rings (SSSR count). The van der Waals surface area contributed by atoms with Crippen LogP contribution in [0.1, 0.15) is 42.7 Å². The summed E-state index contributed by atoms with van der Waals surface area (Å²) in [6, 6.07) is 5.29. The van der Waals surface area contributed by atoms with Crippen molar-refractivity contribution in [3.8, 4) is 0 Å². The lowest BCUT2D eigenvalue weighted by Crippen LogP contribution is -2.39. The van der Waals surface area contributed by atoms with Gasteiger partial charge in [-0.2, -0.15) is 5.10 Å². The molecule has 1 atom stereocenters. The van der Waals surface area contributed by atoms with E-state index in [1.165, 1.54) is 0 Å². The zero-order chi connectivity index (χ0) is 18.0. The highest BCUT2D eigenvalue weighted by atomic mass is 16.5. The van der Waals surface area contributed by atoms with Crippen LogP contribution in [-0.2, 0) is 9.53 Å². The van der Waals surface area contributed by atoms with E-state index < -0.39 is 6.04 Å². The molecule has 0 N–H and O–H groups in total. The molecule has 6 nitrogen and oxygen atoms in total. The Labute approximate surface area is 147 Å². The highest BCUT2D eigenvalue weighted by Crippen LogP contribution is 2.25. The van der Waals surface area contributed by atoms with Crippen molar-refractivity contribution in [1.29, 1.82) is 0 Å². The lowest BCUT2D eigenvalue weighted by atomic mass is 9.96. The van der Waals surface area contributed by atoms with Crippen LogP contribution >= 0.6 is 0 Å². The molecule has 0 amide bonds. The van der Waals surface area contributed by atoms with E-state index in [0.717, 1.165) is 18.5 Å². The number of aryl methyl sites for hydroxylation is 1. The van der Waals surface area contributed by atoms with Crippen molar-refractivity contribution in [1.82, 2.24) is 14.5 Å². The maximum atomic E-state index is 13.1. The van der Waals surface area contributed by atoms with Crippen molar-refractivity contribution in [2.24, 2.45) is 0 Å². The molecule has 0 saturated carbocycles. The highest BCUT2D eigenvalue weighted by molar-refractivity contribution is 6.13. The summed E-state index contributed by atoms with van der Waals surface area (Å²) in [4.78, 5) is 27.0. The van der Waals surface area contributed by atoms with Crippen LogP contribution in [-0.4, -0.2) is 45.5 Å². The molecule has 0 saturated heterocycles. The molecule has 0 fully saturated rings. The third-order valence-corrected chi connectivity index (χ3v) is 4.54. The van der Waals surface area contributed by atoms with Crippen LogP contribution in [0.3, 0.4) is 0 Å². The fraction of sp³-hybridized carbons (Fsp3) is 0.421. The second-order valence-electron chi connectivity index (χ2n) is 6.24. The van der Waals surface area contributed by atoms with Crippen LogP contribution in [0.2, 0.25) is 0 Å². The number of esters is 1. The second-order valence-corrected chi connectivity index (χ2v) is 6.24. The number of fused-ring (bicyclic) bond motifs is 1. The predicted molar refractivity (Wildman–Crippen MR) is 94.4 cm³/mol. The van der Waals surface area contributed by atoms with Crippen molar-refractivity contribution in [3.63, 3.8) is 0 Å². The first-order valence-corrected chi connectivity index (χ1v) is 8.64. The molecule has 2 aromatic rings. The van der Waals surface area contributed by atoms with E-state index in [-0.39, 0.29) is 11.8 Å². The summed E-state index contributed by atoms with van der Waals surface area (Å²) in [5.74, 6) is -0.279. The van der Waals surface area contributed by atoms with Gasteiger partial charge < -0.3 is 9.64 Å². The van der Waals surface area contributed by atoms with Gasteiger partial charge in [-0.3, -0.25) is 4.79 Å². The van der Waals surface area contributed by atoms with Crippen molar-refractivity contribution in [2.45, 2.75) is 39.7 Å². The van der Waals surface area contributed by atoms with Crippen LogP contribution in [0, 0.1) is 6.92 Å². The Morgan fingerprint density at radius 2 is 2.16 bits per heavy atom. The summed E-state index contributed by atoms with van der Waals surface area (Å²) >= 11 is 0. The topological polar surface area (TPSA) is 63.9 Å². The first-order valence-electron chi connectivity index (χ1n) is 8.64. The van der Waals surface area contributed by atoms with Gasteiger partial charge in [0.1, 0.15) is 6.04 Å². The largest absolute Gasteiger partial charge is 0.464 e. The Balaban J connectivity index is 1.90. The molecule has 0 bridgehead atoms. The van der Waals surface area contributed by atoms with Gasteiger partial charge in [0, 0.05) is 24.5 Å². The number of allylic oxidation sites excluding steroid dienone is 1. The third kappa shape index (κ3) is 3.29. The van der Waals surface area contributed by atoms with Crippen molar-refractivity contribution < 1.29 is 14.3 Å². The monoisotopic (exact) mass is 341 g/mol. The summed E-state index contributed by atoms with van der Waals surface area (Å²) in [5, 5.41) is 4.42. The van der Waals surface area contributed by atoms with Gasteiger partial charge in [-0.05, 0) is 45.7 Å². The van der Waals surface area contributed by atoms with Crippen LogP contribution in [0.4, 0.5) is 0 Å². The van der Waals surface area contributed by atoms with Crippen LogP contribution in [0.25, 0.3) is 5.52 Å². The zero-order valence-electron chi connectivity index (χ0n) is 14.9. The SMILES string of the molecule is CCOC(=O)C(C)N1C=C(C(=O)c2c(C)nn3ccccc23)CCC1. The van der Waals surface area contributed by atoms with Crippen molar-refractivity contribution in [2.75, 3.05) is 13.2 Å². The molecule has 25 heavy (non-hydrogen) atoms. The maximum absolute atomic E-state index is 13.1. The third-order valence-electron chi connectivity index (χ3n) is 4.54. The number of rotatable bonds is 5. The molecule has 0 aliphatic carbocycles. The molecule has 6 heteroatoms. The normalized spacial score (nSPS) is 15.8. The summed E-state index contributed by atoms with van der Waals surface area (Å²) < 4.78 is 6.82. The molecule has 0 aromatic carbocycles. The number of hydrogen-bond donors (Lipinski definition) is 0. The number of hydrogen-bond acceptors (Lipinski definition) is 5. The molecule has 1 aliphatic rings. The average Bonchev–Trinajstić information content (AvgIpc) is 2.96. The lowest BCUT2D eigenvalue weighted by Gasteiger charge is -2.30. The second kappa shape index (κ2) is 7.09. The van der Waals surface area contributed by atoms with Gasteiger partial charge in [-0.1, -0.05) is 6.07 Å². The Kier molecular flexibility index (Phi) is 4.88. The van der Waals surface area contributed by atoms with Gasteiger partial charge in [0.15, 0.2) is 5.78 Å². The number of ketones is 1. The van der Waals surface area contributed by atoms with Crippen molar-refractivity contribution >= 4 is 17.3 Å². The molecular weight excluding hydrogens is 318 g/mol. The summed E-state index contributed by atoms with van der Waals surface area (Å²) in [7, 11) is 0. The van der Waals surface area contributed by atoms with Crippen molar-refractivity contribution in [3.05, 3.63) is 47.4 Å². The fourth-order valence-electron chi connectivity index (χ4n) is 3.22. The molecular formula is C19H23N3O3. The van der Waals surface area contributed by atoms with Gasteiger partial charge in [0.2, 0.25) is 0 Å². The average molecular weight is 341 g/mol. The standard InChI is InChI=1S/C19H23N3O3/c1-4-25-19(24)14(3)21-10-7-8-15(12-21)18(23)17-13(2)20-22-11-6-5-9-16(17)22/h5-6,9,11-12,14H,4,7-8,10H2,1-3H3. The Hall–Kier alpha value is -2.63. The fourth-order valence-corrected chi connectivity index (χ4v) is 3.22. The first kappa shape index (κ1) is 17.2. The molecule has 1 unspecified atom stereocenters. The Bertz CT molecular complexity index is 838. The van der Waals surface area contributed by atoms with E-state index in [4.69, 9.17) is 4.74 Å². The number of ether oxygens (including phenoxy) is 1. The van der Waals surface area contributed by atoms with E-state index in [1.54, 1.807) is 11.4 Å². The van der Waals surface area contributed by atoms with Crippen LogP contribution < -0.4 is 0 Å². The molecule has 2 aromatic heterocycles. The van der Waals surface area contributed by atoms with Gasteiger partial charge in [-0.25, -0.2) is 9.31 Å². The number of Topliss-reactive ketones (excluding diaryl/α,β-unsaturated/α-hetero) is 1. The van der Waals surface area contributed by atoms with Gasteiger partial charge in [0.05, 0.1) is 23.4 Å². The van der Waals surface area contributed by atoms with E-state index in [1.807, 2.05) is 49.3 Å². The van der Waals surface area contributed by atoms with Gasteiger partial charge in [-0.15, -0.1) is 0 Å². The van der Waals surface area contributed by atoms with E-state index >= 15 is 0 Å². The molecule has 132 valence electrons. The van der Waals surface area contributed by atoms with Gasteiger partial charge >= 0.3 is 5.97 Å². The minimum Gasteiger partial charge on any atom is -0.464 e. The van der Waals surface area contributed by atoms with Crippen LogP contribution in [0.15, 0.2) is 36.2 Å². The summed E-state index contributed by atoms with van der Waals surface area (Å²) in [6.45, 7) is 6.54. The summed E-state index contributed by atoms with van der Waals surface area (Å²) in [6.07, 6.45) is 5.19. The lowest BCUT2D eigenvalue weighted by molar-refractivity contribution is -0.147. The van der Waals surface area contributed by atoms with E-state index in [9.17, 15) is 9.59 Å².